The number of hydrogen-bond acceptors (Lipinski definition) is 5. The first-order valence-electron chi connectivity index (χ1n) is 14.4. The van der Waals surface area contributed by atoms with E-state index in [0.717, 1.165) is 17.7 Å². The summed E-state index contributed by atoms with van der Waals surface area (Å²) in [5, 5.41) is 2.94. The molecule has 0 bridgehead atoms. The smallest absolute Gasteiger partial charge is 0.256 e. The number of ether oxygens (including phenoxy) is 1. The zero-order chi connectivity index (χ0) is 30.2. The van der Waals surface area contributed by atoms with Crippen LogP contribution in [-0.2, 0) is 6.54 Å². The van der Waals surface area contributed by atoms with Crippen molar-refractivity contribution in [3.63, 3.8) is 0 Å². The Morgan fingerprint density at radius 2 is 1.49 bits per heavy atom. The standard InChI is InChI=1S/C35H36N4O4/c1-37(25-26-10-5-3-6-11-26)35(42)31-24-29(36-33(40)27-12-7-4-8-13-27)16-19-32(31)38-20-9-21-39(23-22-38)34(41)28-14-17-30(43-2)18-15-28/h3-8,10-19,24H,9,20-23,25H2,1-2H3,(H,36,40). The van der Waals surface area contributed by atoms with Crippen LogP contribution >= 0.6 is 0 Å². The van der Waals surface area contributed by atoms with E-state index in [-0.39, 0.29) is 17.7 Å². The zero-order valence-corrected chi connectivity index (χ0v) is 24.5. The van der Waals surface area contributed by atoms with Gasteiger partial charge in [-0.3, -0.25) is 14.4 Å². The third kappa shape index (κ3) is 7.22. The van der Waals surface area contributed by atoms with Crippen molar-refractivity contribution in [2.75, 3.05) is 50.6 Å². The molecular formula is C35H36N4O4. The van der Waals surface area contributed by atoms with Gasteiger partial charge in [-0.15, -0.1) is 0 Å². The molecular weight excluding hydrogens is 540 g/mol. The molecule has 0 atom stereocenters. The van der Waals surface area contributed by atoms with Gasteiger partial charge in [-0.2, -0.15) is 0 Å². The molecule has 1 heterocycles. The molecule has 1 N–H and O–H groups in total. The maximum Gasteiger partial charge on any atom is 0.256 e. The molecule has 1 aliphatic heterocycles. The minimum absolute atomic E-state index is 0.0256. The number of carbonyl (C=O) groups is 3. The van der Waals surface area contributed by atoms with Crippen LogP contribution in [0.25, 0.3) is 0 Å². The molecule has 0 radical (unpaired) electrons. The van der Waals surface area contributed by atoms with Gasteiger partial charge in [0.15, 0.2) is 0 Å². The first-order valence-corrected chi connectivity index (χ1v) is 14.4. The van der Waals surface area contributed by atoms with Crippen molar-refractivity contribution in [2.24, 2.45) is 0 Å². The zero-order valence-electron chi connectivity index (χ0n) is 24.5. The molecule has 8 nitrogen and oxygen atoms in total. The van der Waals surface area contributed by atoms with Crippen LogP contribution < -0.4 is 15.0 Å². The fourth-order valence-electron chi connectivity index (χ4n) is 5.27. The Bertz CT molecular complexity index is 1560. The molecule has 0 unspecified atom stereocenters. The summed E-state index contributed by atoms with van der Waals surface area (Å²) in [6.07, 6.45) is 0.752. The van der Waals surface area contributed by atoms with Crippen LogP contribution in [0.15, 0.2) is 103 Å². The van der Waals surface area contributed by atoms with Crippen molar-refractivity contribution >= 4 is 29.1 Å². The highest BCUT2D eigenvalue weighted by Gasteiger charge is 2.25. The lowest BCUT2D eigenvalue weighted by Crippen LogP contribution is -2.36. The SMILES string of the molecule is COc1ccc(C(=O)N2CCCN(c3ccc(NC(=O)c4ccccc4)cc3C(=O)N(C)Cc3ccccc3)CC2)cc1. The van der Waals surface area contributed by atoms with Gasteiger partial charge in [-0.1, -0.05) is 48.5 Å². The van der Waals surface area contributed by atoms with E-state index in [1.165, 1.54) is 0 Å². The third-order valence-corrected chi connectivity index (χ3v) is 7.59. The number of methoxy groups -OCH3 is 1. The molecule has 1 aliphatic rings. The van der Waals surface area contributed by atoms with Gasteiger partial charge in [0.1, 0.15) is 5.75 Å². The topological polar surface area (TPSA) is 82.2 Å². The summed E-state index contributed by atoms with van der Waals surface area (Å²) in [7, 11) is 3.38. The maximum atomic E-state index is 13.9. The average Bonchev–Trinajstić information content (AvgIpc) is 3.31. The molecule has 3 amide bonds. The highest BCUT2D eigenvalue weighted by Crippen LogP contribution is 2.28. The lowest BCUT2D eigenvalue weighted by molar-refractivity contribution is 0.0763. The van der Waals surface area contributed by atoms with E-state index in [0.29, 0.717) is 60.9 Å². The van der Waals surface area contributed by atoms with Crippen LogP contribution in [0, 0.1) is 0 Å². The van der Waals surface area contributed by atoms with Crippen LogP contribution in [-0.4, -0.2) is 67.9 Å². The quantitative estimate of drug-likeness (QED) is 0.297. The fourth-order valence-corrected chi connectivity index (χ4v) is 5.27. The normalized spacial score (nSPS) is 13.2. The summed E-state index contributed by atoms with van der Waals surface area (Å²) in [5.74, 6) is 0.288. The summed E-state index contributed by atoms with van der Waals surface area (Å²) >= 11 is 0. The summed E-state index contributed by atoms with van der Waals surface area (Å²) in [6, 6.07) is 31.4. The summed E-state index contributed by atoms with van der Waals surface area (Å²) in [4.78, 5) is 45.8. The number of anilines is 2. The number of nitrogens with one attached hydrogen (secondary N) is 1. The molecule has 8 heteroatoms. The van der Waals surface area contributed by atoms with Gasteiger partial charge in [-0.05, 0) is 66.6 Å². The van der Waals surface area contributed by atoms with Gasteiger partial charge in [0.2, 0.25) is 0 Å². The Balaban J connectivity index is 1.38. The Morgan fingerprint density at radius 3 is 2.19 bits per heavy atom. The molecule has 0 spiro atoms. The van der Waals surface area contributed by atoms with Crippen molar-refractivity contribution in [1.82, 2.24) is 9.80 Å². The second-order valence-electron chi connectivity index (χ2n) is 10.6. The summed E-state index contributed by atoms with van der Waals surface area (Å²) in [6.45, 7) is 2.84. The van der Waals surface area contributed by atoms with E-state index in [1.54, 1.807) is 61.5 Å². The number of nitrogens with zero attached hydrogens (tertiary/aromatic N) is 3. The van der Waals surface area contributed by atoms with Crippen LogP contribution in [0.1, 0.15) is 43.1 Å². The largest absolute Gasteiger partial charge is 0.497 e. The third-order valence-electron chi connectivity index (χ3n) is 7.59. The van der Waals surface area contributed by atoms with Crippen molar-refractivity contribution in [2.45, 2.75) is 13.0 Å². The number of hydrogen-bond donors (Lipinski definition) is 1. The van der Waals surface area contributed by atoms with Gasteiger partial charge in [0, 0.05) is 62.3 Å². The second-order valence-corrected chi connectivity index (χ2v) is 10.6. The molecule has 0 saturated carbocycles. The molecule has 0 aliphatic carbocycles. The first kappa shape index (κ1) is 29.4. The van der Waals surface area contributed by atoms with Crippen molar-refractivity contribution in [3.8, 4) is 5.75 Å². The molecule has 4 aromatic rings. The summed E-state index contributed by atoms with van der Waals surface area (Å²) in [5.41, 5.74) is 4.00. The molecule has 4 aromatic carbocycles. The highest BCUT2D eigenvalue weighted by molar-refractivity contribution is 6.06. The van der Waals surface area contributed by atoms with Crippen molar-refractivity contribution in [3.05, 3.63) is 125 Å². The predicted molar refractivity (Wildman–Crippen MR) is 169 cm³/mol. The van der Waals surface area contributed by atoms with Gasteiger partial charge in [0.05, 0.1) is 12.7 Å². The van der Waals surface area contributed by atoms with Gasteiger partial charge in [0.25, 0.3) is 17.7 Å². The Hall–Kier alpha value is -5.11. The molecule has 1 saturated heterocycles. The fraction of sp³-hybridized carbons (Fsp3) is 0.229. The van der Waals surface area contributed by atoms with E-state index in [2.05, 4.69) is 10.2 Å². The number of carbonyl (C=O) groups excluding carboxylic acids is 3. The van der Waals surface area contributed by atoms with Gasteiger partial charge < -0.3 is 24.8 Å². The number of amides is 3. The minimum Gasteiger partial charge on any atom is -0.497 e. The first-order chi connectivity index (χ1) is 20.9. The predicted octanol–water partition coefficient (Wildman–Crippen LogP) is 5.57. The Labute approximate surface area is 252 Å². The van der Waals surface area contributed by atoms with E-state index in [9.17, 15) is 14.4 Å². The molecule has 0 aromatic heterocycles. The lowest BCUT2D eigenvalue weighted by Gasteiger charge is -2.28. The maximum absolute atomic E-state index is 13.9. The average molecular weight is 577 g/mol. The van der Waals surface area contributed by atoms with Crippen molar-refractivity contribution < 1.29 is 19.1 Å². The van der Waals surface area contributed by atoms with E-state index < -0.39 is 0 Å². The molecule has 1 fully saturated rings. The minimum atomic E-state index is -0.244. The Kier molecular flexibility index (Phi) is 9.36. The molecule has 220 valence electrons. The molecule has 5 rings (SSSR count). The van der Waals surface area contributed by atoms with Crippen molar-refractivity contribution in [1.29, 1.82) is 0 Å². The van der Waals surface area contributed by atoms with E-state index in [1.807, 2.05) is 65.6 Å². The van der Waals surface area contributed by atoms with E-state index >= 15 is 0 Å². The monoisotopic (exact) mass is 576 g/mol. The van der Waals surface area contributed by atoms with Crippen LogP contribution in [0.2, 0.25) is 0 Å². The molecule has 43 heavy (non-hydrogen) atoms. The highest BCUT2D eigenvalue weighted by atomic mass is 16.5. The Morgan fingerprint density at radius 1 is 0.791 bits per heavy atom. The number of rotatable bonds is 8. The summed E-state index contributed by atoms with van der Waals surface area (Å²) < 4.78 is 5.22. The number of benzene rings is 4. The van der Waals surface area contributed by atoms with Crippen LogP contribution in [0.4, 0.5) is 11.4 Å². The van der Waals surface area contributed by atoms with Crippen LogP contribution in [0.3, 0.4) is 0 Å². The lowest BCUT2D eigenvalue weighted by atomic mass is 10.1. The van der Waals surface area contributed by atoms with Gasteiger partial charge >= 0.3 is 0 Å². The second kappa shape index (κ2) is 13.7. The van der Waals surface area contributed by atoms with Gasteiger partial charge in [-0.25, -0.2) is 0 Å². The van der Waals surface area contributed by atoms with Crippen LogP contribution in [0.5, 0.6) is 5.75 Å². The van der Waals surface area contributed by atoms with E-state index in [4.69, 9.17) is 4.74 Å².